The van der Waals surface area contributed by atoms with E-state index in [-0.39, 0.29) is 12.3 Å². The molecule has 118 valence electrons. The molecule has 22 heavy (non-hydrogen) atoms. The van der Waals surface area contributed by atoms with Crippen LogP contribution in [0, 0.1) is 5.82 Å². The number of rotatable bonds is 6. The van der Waals surface area contributed by atoms with E-state index in [0.717, 1.165) is 0 Å². The molecule has 2 aromatic rings. The second-order valence-corrected chi connectivity index (χ2v) is 5.25. The molecule has 0 aromatic heterocycles. The maximum atomic E-state index is 13.8. The van der Waals surface area contributed by atoms with Crippen molar-refractivity contribution in [2.75, 3.05) is 12.4 Å². The third-order valence-electron chi connectivity index (χ3n) is 2.89. The van der Waals surface area contributed by atoms with E-state index in [1.807, 2.05) is 0 Å². The highest BCUT2D eigenvalue weighted by atomic mass is 79.9. The van der Waals surface area contributed by atoms with E-state index in [1.165, 1.54) is 31.4 Å². The van der Waals surface area contributed by atoms with Gasteiger partial charge in [-0.3, -0.25) is 0 Å². The Morgan fingerprint density at radius 3 is 2.59 bits per heavy atom. The molecule has 0 bridgehead atoms. The summed E-state index contributed by atoms with van der Waals surface area (Å²) in [6.45, 7) is -2.83. The topological polar surface area (TPSA) is 30.5 Å². The predicted octanol–water partition coefficient (Wildman–Crippen LogP) is 4.81. The Morgan fingerprint density at radius 1 is 1.18 bits per heavy atom. The fourth-order valence-corrected chi connectivity index (χ4v) is 2.16. The van der Waals surface area contributed by atoms with Gasteiger partial charge in [-0.25, -0.2) is 4.39 Å². The molecule has 0 saturated heterocycles. The van der Waals surface area contributed by atoms with Crippen molar-refractivity contribution in [3.63, 3.8) is 0 Å². The number of hydrogen-bond acceptors (Lipinski definition) is 3. The number of anilines is 1. The van der Waals surface area contributed by atoms with E-state index in [2.05, 4.69) is 26.0 Å². The lowest BCUT2D eigenvalue weighted by Crippen LogP contribution is -2.07. The molecule has 2 aromatic carbocycles. The van der Waals surface area contributed by atoms with Gasteiger partial charge in [0.2, 0.25) is 0 Å². The van der Waals surface area contributed by atoms with Crippen LogP contribution in [0.15, 0.2) is 40.9 Å². The van der Waals surface area contributed by atoms with Gasteiger partial charge in [-0.1, -0.05) is 22.0 Å². The fourth-order valence-electron chi connectivity index (χ4n) is 1.83. The molecular formula is C15H13BrF3NO2. The Labute approximate surface area is 134 Å². The van der Waals surface area contributed by atoms with Gasteiger partial charge in [0, 0.05) is 22.6 Å². The van der Waals surface area contributed by atoms with Crippen molar-refractivity contribution in [3.05, 3.63) is 52.3 Å². The van der Waals surface area contributed by atoms with E-state index in [9.17, 15) is 13.2 Å². The van der Waals surface area contributed by atoms with Gasteiger partial charge in [0.25, 0.3) is 0 Å². The maximum Gasteiger partial charge on any atom is 0.387 e. The van der Waals surface area contributed by atoms with Gasteiger partial charge in [0.1, 0.15) is 17.3 Å². The molecule has 0 spiro atoms. The van der Waals surface area contributed by atoms with E-state index >= 15 is 0 Å². The van der Waals surface area contributed by atoms with Crippen molar-refractivity contribution in [3.8, 4) is 11.5 Å². The van der Waals surface area contributed by atoms with Gasteiger partial charge < -0.3 is 14.8 Å². The first-order valence-corrected chi connectivity index (χ1v) is 7.09. The number of ether oxygens (including phenoxy) is 2. The van der Waals surface area contributed by atoms with Crippen LogP contribution in [0.3, 0.4) is 0 Å². The maximum absolute atomic E-state index is 13.8. The van der Waals surface area contributed by atoms with Crippen LogP contribution in [-0.2, 0) is 6.54 Å². The minimum Gasteiger partial charge on any atom is -0.497 e. The zero-order valence-electron chi connectivity index (χ0n) is 11.6. The zero-order chi connectivity index (χ0) is 16.1. The van der Waals surface area contributed by atoms with Crippen LogP contribution in [0.4, 0.5) is 18.9 Å². The lowest BCUT2D eigenvalue weighted by molar-refractivity contribution is -0.0494. The Hall–Kier alpha value is -1.89. The van der Waals surface area contributed by atoms with Crippen LogP contribution >= 0.6 is 15.9 Å². The molecule has 0 amide bonds. The summed E-state index contributed by atoms with van der Waals surface area (Å²) in [6, 6.07) is 9.00. The Morgan fingerprint density at radius 2 is 1.95 bits per heavy atom. The van der Waals surface area contributed by atoms with Crippen molar-refractivity contribution in [2.24, 2.45) is 0 Å². The average Bonchev–Trinajstić information content (AvgIpc) is 2.47. The van der Waals surface area contributed by atoms with Crippen molar-refractivity contribution in [2.45, 2.75) is 13.2 Å². The van der Waals surface area contributed by atoms with Crippen LogP contribution in [0.1, 0.15) is 5.56 Å². The summed E-state index contributed by atoms with van der Waals surface area (Å²) < 4.78 is 48.7. The minimum absolute atomic E-state index is 0.0340. The third kappa shape index (κ3) is 4.30. The highest BCUT2D eigenvalue weighted by Crippen LogP contribution is 2.31. The molecule has 0 fully saturated rings. The molecular weight excluding hydrogens is 363 g/mol. The molecule has 0 saturated carbocycles. The van der Waals surface area contributed by atoms with Crippen LogP contribution in [0.5, 0.6) is 11.5 Å². The molecule has 1 N–H and O–H groups in total. The Kier molecular flexibility index (Phi) is 5.54. The van der Waals surface area contributed by atoms with E-state index in [1.54, 1.807) is 12.1 Å². The minimum atomic E-state index is -2.95. The molecule has 0 radical (unpaired) electrons. The summed E-state index contributed by atoms with van der Waals surface area (Å²) in [5.41, 5.74) is 0.691. The SMILES string of the molecule is COc1ccc(OC(F)F)c(NCc2ccc(Br)cc2F)c1. The van der Waals surface area contributed by atoms with Gasteiger partial charge >= 0.3 is 6.61 Å². The molecule has 0 aliphatic carbocycles. The number of benzene rings is 2. The standard InChI is InChI=1S/C15H13BrF3NO2/c1-21-11-4-5-14(22-15(18)19)13(7-11)20-8-9-2-3-10(16)6-12(9)17/h2-7,15,20H,8H2,1H3. The summed E-state index contributed by atoms with van der Waals surface area (Å²) in [5, 5.41) is 2.88. The smallest absolute Gasteiger partial charge is 0.387 e. The van der Waals surface area contributed by atoms with Crippen molar-refractivity contribution in [1.82, 2.24) is 0 Å². The number of nitrogens with one attached hydrogen (secondary N) is 1. The van der Waals surface area contributed by atoms with Gasteiger partial charge in [-0.15, -0.1) is 0 Å². The van der Waals surface area contributed by atoms with Gasteiger partial charge in [-0.05, 0) is 24.3 Å². The Bertz CT molecular complexity index is 653. The highest BCUT2D eigenvalue weighted by molar-refractivity contribution is 9.10. The first kappa shape index (κ1) is 16.5. The summed E-state index contributed by atoms with van der Waals surface area (Å²) in [6.07, 6.45) is 0. The summed E-state index contributed by atoms with van der Waals surface area (Å²) in [7, 11) is 1.46. The number of halogens is 4. The second-order valence-electron chi connectivity index (χ2n) is 4.33. The zero-order valence-corrected chi connectivity index (χ0v) is 13.2. The van der Waals surface area contributed by atoms with Crippen LogP contribution in [0.25, 0.3) is 0 Å². The van der Waals surface area contributed by atoms with Crippen LogP contribution in [0.2, 0.25) is 0 Å². The van der Waals surface area contributed by atoms with Crippen molar-refractivity contribution in [1.29, 1.82) is 0 Å². The molecule has 0 aliphatic rings. The second kappa shape index (κ2) is 7.40. The number of hydrogen-bond donors (Lipinski definition) is 1. The number of alkyl halides is 2. The monoisotopic (exact) mass is 375 g/mol. The first-order valence-electron chi connectivity index (χ1n) is 6.30. The first-order chi connectivity index (χ1) is 10.5. The highest BCUT2D eigenvalue weighted by Gasteiger charge is 2.12. The normalized spacial score (nSPS) is 10.6. The fraction of sp³-hybridized carbons (Fsp3) is 0.200. The van der Waals surface area contributed by atoms with Gasteiger partial charge in [0.15, 0.2) is 0 Å². The summed E-state index contributed by atoms with van der Waals surface area (Å²) in [5.74, 6) is 0.0369. The molecule has 3 nitrogen and oxygen atoms in total. The van der Waals surface area contributed by atoms with Gasteiger partial charge in [-0.2, -0.15) is 8.78 Å². The van der Waals surface area contributed by atoms with E-state index in [4.69, 9.17) is 4.74 Å². The van der Waals surface area contributed by atoms with Gasteiger partial charge in [0.05, 0.1) is 12.8 Å². The molecule has 2 rings (SSSR count). The summed E-state index contributed by atoms with van der Waals surface area (Å²) >= 11 is 3.17. The van der Waals surface area contributed by atoms with E-state index < -0.39 is 12.4 Å². The van der Waals surface area contributed by atoms with E-state index in [0.29, 0.717) is 21.5 Å². The lowest BCUT2D eigenvalue weighted by Gasteiger charge is -2.14. The molecule has 0 heterocycles. The quantitative estimate of drug-likeness (QED) is 0.785. The molecule has 7 heteroatoms. The number of methoxy groups -OCH3 is 1. The largest absolute Gasteiger partial charge is 0.497 e. The van der Waals surface area contributed by atoms with Crippen LogP contribution in [-0.4, -0.2) is 13.7 Å². The third-order valence-corrected chi connectivity index (χ3v) is 3.38. The lowest BCUT2D eigenvalue weighted by atomic mass is 10.2. The summed E-state index contributed by atoms with van der Waals surface area (Å²) in [4.78, 5) is 0. The van der Waals surface area contributed by atoms with Crippen molar-refractivity contribution < 1.29 is 22.6 Å². The predicted molar refractivity (Wildman–Crippen MR) is 81.1 cm³/mol. The molecule has 0 unspecified atom stereocenters. The van der Waals surface area contributed by atoms with Crippen molar-refractivity contribution >= 4 is 21.6 Å². The molecule has 0 aliphatic heterocycles. The molecule has 0 atom stereocenters. The Balaban J connectivity index is 2.19. The average molecular weight is 376 g/mol. The van der Waals surface area contributed by atoms with Crippen LogP contribution < -0.4 is 14.8 Å².